The number of benzene rings is 3. The Labute approximate surface area is 186 Å². The molecule has 2 atom stereocenters. The van der Waals surface area contributed by atoms with Crippen LogP contribution in [0.15, 0.2) is 54.6 Å². The van der Waals surface area contributed by atoms with Gasteiger partial charge in [-0.15, -0.1) is 0 Å². The van der Waals surface area contributed by atoms with Gasteiger partial charge in [-0.25, -0.2) is 0 Å². The van der Waals surface area contributed by atoms with E-state index in [0.717, 1.165) is 16.7 Å². The highest BCUT2D eigenvalue weighted by Crippen LogP contribution is 2.53. The maximum absolute atomic E-state index is 13.7. The van der Waals surface area contributed by atoms with Gasteiger partial charge in [0.15, 0.2) is 5.78 Å². The Balaban J connectivity index is 1.98. The van der Waals surface area contributed by atoms with Crippen LogP contribution in [0.3, 0.4) is 0 Å². The number of Topliss-reactive ketones (excluding diaryl/α,β-unsaturated/α-hetero) is 1. The largest absolute Gasteiger partial charge is 0.497 e. The summed E-state index contributed by atoms with van der Waals surface area (Å²) in [6.45, 7) is 0. The van der Waals surface area contributed by atoms with Gasteiger partial charge in [-0.1, -0.05) is 12.1 Å². The van der Waals surface area contributed by atoms with Crippen molar-refractivity contribution in [2.75, 3.05) is 28.4 Å². The van der Waals surface area contributed by atoms with Crippen molar-refractivity contribution in [3.8, 4) is 29.1 Å². The van der Waals surface area contributed by atoms with E-state index < -0.39 is 5.92 Å². The molecule has 3 aromatic carbocycles. The predicted octanol–water partition coefficient (Wildman–Crippen LogP) is 4.70. The standard InChI is InChI=1S/C26H23NO5/c1-29-18-9-17(10-19(11-18)30-2)23-24(16-7-5-15(14-27)6-8-16)26(28)21-12-20(31-3)13-22(32-4)25(21)23/h5-13,23-24H,1-4H3/t23-,24-/m1/s1. The number of rotatable bonds is 6. The van der Waals surface area contributed by atoms with Gasteiger partial charge in [-0.2, -0.15) is 5.26 Å². The summed E-state index contributed by atoms with van der Waals surface area (Å²) in [6.07, 6.45) is 0. The van der Waals surface area contributed by atoms with Gasteiger partial charge in [-0.05, 0) is 41.5 Å². The fraction of sp³-hybridized carbons (Fsp3) is 0.231. The summed E-state index contributed by atoms with van der Waals surface area (Å²) in [6, 6.07) is 18.4. The highest BCUT2D eigenvalue weighted by Gasteiger charge is 2.44. The molecule has 0 radical (unpaired) electrons. The Kier molecular flexibility index (Phi) is 5.74. The van der Waals surface area contributed by atoms with Crippen molar-refractivity contribution in [3.05, 3.63) is 82.4 Å². The van der Waals surface area contributed by atoms with E-state index in [-0.39, 0.29) is 11.7 Å². The molecule has 1 aliphatic rings. The first-order valence-electron chi connectivity index (χ1n) is 10.1. The molecule has 0 aromatic heterocycles. The molecule has 0 aliphatic heterocycles. The van der Waals surface area contributed by atoms with E-state index in [1.165, 1.54) is 0 Å². The molecule has 0 saturated carbocycles. The summed E-state index contributed by atoms with van der Waals surface area (Å²) in [5.41, 5.74) is 3.57. The van der Waals surface area contributed by atoms with Gasteiger partial charge in [0.05, 0.1) is 46.0 Å². The minimum atomic E-state index is -0.504. The monoisotopic (exact) mass is 429 g/mol. The highest BCUT2D eigenvalue weighted by atomic mass is 16.5. The second-order valence-corrected chi connectivity index (χ2v) is 7.49. The third kappa shape index (κ3) is 3.52. The number of fused-ring (bicyclic) bond motifs is 1. The molecule has 0 saturated heterocycles. The average molecular weight is 429 g/mol. The molecule has 3 aromatic rings. The number of methoxy groups -OCH3 is 4. The van der Waals surface area contributed by atoms with Gasteiger partial charge in [0.1, 0.15) is 23.0 Å². The van der Waals surface area contributed by atoms with E-state index in [9.17, 15) is 10.1 Å². The van der Waals surface area contributed by atoms with Crippen LogP contribution in [0.4, 0.5) is 0 Å². The van der Waals surface area contributed by atoms with E-state index in [0.29, 0.717) is 34.1 Å². The van der Waals surface area contributed by atoms with Gasteiger partial charge in [0, 0.05) is 29.2 Å². The molecule has 0 amide bonds. The van der Waals surface area contributed by atoms with Crippen LogP contribution in [0.25, 0.3) is 0 Å². The second kappa shape index (κ2) is 8.64. The quantitative estimate of drug-likeness (QED) is 0.565. The van der Waals surface area contributed by atoms with Crippen molar-refractivity contribution in [3.63, 3.8) is 0 Å². The first-order chi connectivity index (χ1) is 15.5. The number of hydrogen-bond acceptors (Lipinski definition) is 6. The second-order valence-electron chi connectivity index (χ2n) is 7.49. The lowest BCUT2D eigenvalue weighted by atomic mass is 9.81. The van der Waals surface area contributed by atoms with Crippen LogP contribution in [0, 0.1) is 11.3 Å². The van der Waals surface area contributed by atoms with Gasteiger partial charge < -0.3 is 18.9 Å². The van der Waals surface area contributed by atoms with Crippen LogP contribution >= 0.6 is 0 Å². The number of ketones is 1. The van der Waals surface area contributed by atoms with Gasteiger partial charge in [0.25, 0.3) is 0 Å². The molecule has 0 bridgehead atoms. The maximum atomic E-state index is 13.7. The molecule has 4 rings (SSSR count). The van der Waals surface area contributed by atoms with E-state index in [1.807, 2.05) is 24.3 Å². The maximum Gasteiger partial charge on any atom is 0.171 e. The molecule has 1 aliphatic carbocycles. The molecule has 0 spiro atoms. The van der Waals surface area contributed by atoms with Crippen LogP contribution in [0.1, 0.15) is 44.4 Å². The molecule has 6 nitrogen and oxygen atoms in total. The average Bonchev–Trinajstić information content (AvgIpc) is 3.15. The molecule has 0 N–H and O–H groups in total. The number of hydrogen-bond donors (Lipinski definition) is 0. The van der Waals surface area contributed by atoms with E-state index in [4.69, 9.17) is 18.9 Å². The lowest BCUT2D eigenvalue weighted by Crippen LogP contribution is -2.13. The molecule has 32 heavy (non-hydrogen) atoms. The van der Waals surface area contributed by atoms with Crippen molar-refractivity contribution >= 4 is 5.78 Å². The minimum Gasteiger partial charge on any atom is -0.497 e. The van der Waals surface area contributed by atoms with Gasteiger partial charge in [-0.3, -0.25) is 4.79 Å². The Bertz CT molecular complexity index is 1190. The number of ether oxygens (including phenoxy) is 4. The van der Waals surface area contributed by atoms with Gasteiger partial charge in [0.2, 0.25) is 0 Å². The third-order valence-electron chi connectivity index (χ3n) is 5.90. The minimum absolute atomic E-state index is 0.0336. The van der Waals surface area contributed by atoms with Gasteiger partial charge >= 0.3 is 0 Å². The van der Waals surface area contributed by atoms with Crippen molar-refractivity contribution in [1.29, 1.82) is 5.26 Å². The van der Waals surface area contributed by atoms with Crippen LogP contribution in [0.5, 0.6) is 23.0 Å². The Morgan fingerprint density at radius 2 is 1.31 bits per heavy atom. The van der Waals surface area contributed by atoms with Crippen molar-refractivity contribution < 1.29 is 23.7 Å². The SMILES string of the molecule is COc1cc(OC)cc([C@H]2c3c(OC)cc(OC)cc3C(=O)[C@@H]2c2ccc(C#N)cc2)c1. The first kappa shape index (κ1) is 21.3. The van der Waals surface area contributed by atoms with Crippen LogP contribution in [-0.2, 0) is 0 Å². The van der Waals surface area contributed by atoms with E-state index in [2.05, 4.69) is 6.07 Å². The number of carbonyl (C=O) groups is 1. The van der Waals surface area contributed by atoms with Crippen molar-refractivity contribution in [1.82, 2.24) is 0 Å². The number of nitrogens with zero attached hydrogens (tertiary/aromatic N) is 1. The lowest BCUT2D eigenvalue weighted by Gasteiger charge is -2.23. The molecule has 6 heteroatoms. The summed E-state index contributed by atoms with van der Waals surface area (Å²) in [7, 11) is 6.33. The Hall–Kier alpha value is -3.98. The molecule has 162 valence electrons. The molecular weight excluding hydrogens is 406 g/mol. The Morgan fingerprint density at radius 3 is 1.84 bits per heavy atom. The molecule has 0 unspecified atom stereocenters. The van der Waals surface area contributed by atoms with Crippen LogP contribution in [0.2, 0.25) is 0 Å². The first-order valence-corrected chi connectivity index (χ1v) is 10.1. The normalized spacial score (nSPS) is 16.8. The summed E-state index contributed by atoms with van der Waals surface area (Å²) < 4.78 is 22.1. The highest BCUT2D eigenvalue weighted by molar-refractivity contribution is 6.08. The zero-order valence-electron chi connectivity index (χ0n) is 18.3. The molecule has 0 fully saturated rings. The topological polar surface area (TPSA) is 77.8 Å². The third-order valence-corrected chi connectivity index (χ3v) is 5.90. The fourth-order valence-corrected chi connectivity index (χ4v) is 4.38. The number of carbonyl (C=O) groups excluding carboxylic acids is 1. The summed E-state index contributed by atoms with van der Waals surface area (Å²) in [4.78, 5) is 13.7. The van der Waals surface area contributed by atoms with Crippen molar-refractivity contribution in [2.24, 2.45) is 0 Å². The summed E-state index contributed by atoms with van der Waals surface area (Å²) >= 11 is 0. The fourth-order valence-electron chi connectivity index (χ4n) is 4.38. The zero-order valence-corrected chi connectivity index (χ0v) is 18.3. The predicted molar refractivity (Wildman–Crippen MR) is 119 cm³/mol. The zero-order chi connectivity index (χ0) is 22.8. The summed E-state index contributed by atoms with van der Waals surface area (Å²) in [5.74, 6) is 1.52. The Morgan fingerprint density at radius 1 is 0.719 bits per heavy atom. The van der Waals surface area contributed by atoms with E-state index in [1.54, 1.807) is 58.8 Å². The van der Waals surface area contributed by atoms with Crippen LogP contribution in [-0.4, -0.2) is 34.2 Å². The van der Waals surface area contributed by atoms with Crippen LogP contribution < -0.4 is 18.9 Å². The van der Waals surface area contributed by atoms with E-state index >= 15 is 0 Å². The molecular formula is C26H23NO5. The van der Waals surface area contributed by atoms with Crippen molar-refractivity contribution in [2.45, 2.75) is 11.8 Å². The summed E-state index contributed by atoms with van der Waals surface area (Å²) in [5, 5.41) is 9.18. The lowest BCUT2D eigenvalue weighted by molar-refractivity contribution is 0.0968. The smallest absolute Gasteiger partial charge is 0.171 e. The number of nitriles is 1. The molecule has 0 heterocycles.